The van der Waals surface area contributed by atoms with E-state index in [9.17, 15) is 18.0 Å². The third-order valence-corrected chi connectivity index (χ3v) is 4.45. The number of halogens is 3. The normalized spacial score (nSPS) is 20.4. The van der Waals surface area contributed by atoms with E-state index in [-0.39, 0.29) is 17.6 Å². The maximum atomic E-state index is 12.5. The molecule has 2 unspecified atom stereocenters. The Labute approximate surface area is 148 Å². The molecule has 2 aromatic rings. The monoisotopic (exact) mass is 368 g/mol. The van der Waals surface area contributed by atoms with Gasteiger partial charge >= 0.3 is 6.18 Å². The molecule has 26 heavy (non-hydrogen) atoms. The van der Waals surface area contributed by atoms with E-state index < -0.39 is 17.9 Å². The van der Waals surface area contributed by atoms with E-state index in [2.05, 4.69) is 26.3 Å². The Bertz CT molecular complexity index is 815. The van der Waals surface area contributed by atoms with Crippen LogP contribution in [0.2, 0.25) is 0 Å². The summed E-state index contributed by atoms with van der Waals surface area (Å²) in [6.07, 6.45) is -3.02. The standard InChI is InChI=1S/C16H19F3N6O/c1-8-14(9(2)25(3)24-8)11-6-12(23-22-11)15(26)21-10-4-5-13(20-7-10)16(17,18)19/h4-5,7,11-12,22-23H,6H2,1-3H3,(H,21,26). The summed E-state index contributed by atoms with van der Waals surface area (Å²) in [5.74, 6) is -0.347. The third-order valence-electron chi connectivity index (χ3n) is 4.45. The Hall–Kier alpha value is -2.46. The molecule has 0 radical (unpaired) electrons. The van der Waals surface area contributed by atoms with Crippen LogP contribution in [-0.4, -0.2) is 26.7 Å². The molecule has 0 saturated carbocycles. The zero-order valence-corrected chi connectivity index (χ0v) is 14.5. The van der Waals surface area contributed by atoms with E-state index in [4.69, 9.17) is 0 Å². The van der Waals surface area contributed by atoms with Crippen LogP contribution in [0.1, 0.15) is 35.1 Å². The highest BCUT2D eigenvalue weighted by molar-refractivity contribution is 5.94. The molecule has 3 N–H and O–H groups in total. The number of nitrogens with one attached hydrogen (secondary N) is 3. The maximum absolute atomic E-state index is 12.5. The molecular formula is C16H19F3N6O. The summed E-state index contributed by atoms with van der Waals surface area (Å²) in [6, 6.07) is 1.41. The van der Waals surface area contributed by atoms with E-state index in [1.807, 2.05) is 20.9 Å². The average Bonchev–Trinajstić information content (AvgIpc) is 3.12. The smallest absolute Gasteiger partial charge is 0.323 e. The Balaban J connectivity index is 1.65. The van der Waals surface area contributed by atoms with Gasteiger partial charge in [0.1, 0.15) is 11.7 Å². The molecule has 1 fully saturated rings. The largest absolute Gasteiger partial charge is 0.433 e. The van der Waals surface area contributed by atoms with Crippen molar-refractivity contribution in [3.05, 3.63) is 41.0 Å². The fourth-order valence-corrected chi connectivity index (χ4v) is 3.08. The van der Waals surface area contributed by atoms with Crippen molar-refractivity contribution in [2.24, 2.45) is 7.05 Å². The van der Waals surface area contributed by atoms with Gasteiger partial charge in [-0.1, -0.05) is 0 Å². The number of anilines is 1. The summed E-state index contributed by atoms with van der Waals surface area (Å²) >= 11 is 0. The fourth-order valence-electron chi connectivity index (χ4n) is 3.08. The van der Waals surface area contributed by atoms with Crippen LogP contribution in [0.15, 0.2) is 18.3 Å². The van der Waals surface area contributed by atoms with Crippen LogP contribution in [0.25, 0.3) is 0 Å². The first-order valence-corrected chi connectivity index (χ1v) is 8.02. The molecule has 140 valence electrons. The first-order chi connectivity index (χ1) is 12.2. The Morgan fingerprint density at radius 2 is 2.04 bits per heavy atom. The van der Waals surface area contributed by atoms with Crippen molar-refractivity contribution < 1.29 is 18.0 Å². The molecule has 0 bridgehead atoms. The fraction of sp³-hybridized carbons (Fsp3) is 0.438. The van der Waals surface area contributed by atoms with Gasteiger partial charge in [0.05, 0.1) is 23.6 Å². The van der Waals surface area contributed by atoms with Gasteiger partial charge in [-0.3, -0.25) is 9.48 Å². The Morgan fingerprint density at radius 3 is 2.58 bits per heavy atom. The minimum Gasteiger partial charge on any atom is -0.323 e. The number of amides is 1. The molecule has 7 nitrogen and oxygen atoms in total. The molecule has 1 amide bonds. The van der Waals surface area contributed by atoms with Gasteiger partial charge in [-0.05, 0) is 32.4 Å². The highest BCUT2D eigenvalue weighted by Crippen LogP contribution is 2.29. The van der Waals surface area contributed by atoms with Gasteiger partial charge in [-0.2, -0.15) is 18.3 Å². The van der Waals surface area contributed by atoms with Crippen molar-refractivity contribution in [1.82, 2.24) is 25.6 Å². The zero-order valence-electron chi connectivity index (χ0n) is 14.5. The number of pyridine rings is 1. The predicted molar refractivity (Wildman–Crippen MR) is 88.0 cm³/mol. The number of carbonyl (C=O) groups is 1. The van der Waals surface area contributed by atoms with Crippen LogP contribution in [0.5, 0.6) is 0 Å². The molecule has 0 spiro atoms. The van der Waals surface area contributed by atoms with Gasteiger partial charge in [0, 0.05) is 18.3 Å². The summed E-state index contributed by atoms with van der Waals surface area (Å²) in [4.78, 5) is 15.7. The lowest BCUT2D eigenvalue weighted by Crippen LogP contribution is -2.39. The first kappa shape index (κ1) is 18.3. The number of carbonyl (C=O) groups excluding carboxylic acids is 1. The van der Waals surface area contributed by atoms with E-state index in [0.717, 1.165) is 29.2 Å². The highest BCUT2D eigenvalue weighted by Gasteiger charge is 2.34. The van der Waals surface area contributed by atoms with Gasteiger partial charge in [-0.25, -0.2) is 15.8 Å². The maximum Gasteiger partial charge on any atom is 0.433 e. The number of rotatable bonds is 3. The predicted octanol–water partition coefficient (Wildman–Crippen LogP) is 2.00. The van der Waals surface area contributed by atoms with Crippen molar-refractivity contribution >= 4 is 11.6 Å². The van der Waals surface area contributed by atoms with E-state index in [1.165, 1.54) is 6.07 Å². The molecule has 2 atom stereocenters. The van der Waals surface area contributed by atoms with Crippen LogP contribution < -0.4 is 16.2 Å². The summed E-state index contributed by atoms with van der Waals surface area (Å²) in [6.45, 7) is 3.86. The summed E-state index contributed by atoms with van der Waals surface area (Å²) in [5.41, 5.74) is 8.15. The van der Waals surface area contributed by atoms with E-state index in [0.29, 0.717) is 6.42 Å². The minimum atomic E-state index is -4.51. The Morgan fingerprint density at radius 1 is 1.31 bits per heavy atom. The summed E-state index contributed by atoms with van der Waals surface area (Å²) in [5, 5.41) is 6.95. The molecule has 1 aliphatic rings. The topological polar surface area (TPSA) is 83.9 Å². The molecular weight excluding hydrogens is 349 g/mol. The number of alkyl halides is 3. The molecule has 10 heteroatoms. The second-order valence-corrected chi connectivity index (χ2v) is 6.26. The third kappa shape index (κ3) is 3.56. The van der Waals surface area contributed by atoms with E-state index >= 15 is 0 Å². The lowest BCUT2D eigenvalue weighted by Gasteiger charge is -2.12. The molecule has 2 aromatic heterocycles. The number of aryl methyl sites for hydroxylation is 2. The van der Waals surface area contributed by atoms with Gasteiger partial charge in [-0.15, -0.1) is 0 Å². The van der Waals surface area contributed by atoms with Crippen LogP contribution in [0, 0.1) is 13.8 Å². The number of hydrogen-bond acceptors (Lipinski definition) is 5. The van der Waals surface area contributed by atoms with Crippen molar-refractivity contribution in [2.75, 3.05) is 5.32 Å². The van der Waals surface area contributed by atoms with Gasteiger partial charge in [0.15, 0.2) is 0 Å². The number of hydrogen-bond donors (Lipinski definition) is 3. The highest BCUT2D eigenvalue weighted by atomic mass is 19.4. The van der Waals surface area contributed by atoms with Gasteiger partial charge in [0.25, 0.3) is 0 Å². The second kappa shape index (κ2) is 6.69. The lowest BCUT2D eigenvalue weighted by molar-refractivity contribution is -0.141. The van der Waals surface area contributed by atoms with Crippen molar-refractivity contribution in [3.8, 4) is 0 Å². The van der Waals surface area contributed by atoms with Crippen molar-refractivity contribution in [3.63, 3.8) is 0 Å². The van der Waals surface area contributed by atoms with Crippen molar-refractivity contribution in [2.45, 2.75) is 38.5 Å². The number of nitrogens with zero attached hydrogens (tertiary/aromatic N) is 3. The minimum absolute atomic E-state index is 0.0785. The average molecular weight is 368 g/mol. The molecule has 3 heterocycles. The summed E-state index contributed by atoms with van der Waals surface area (Å²) in [7, 11) is 1.86. The quantitative estimate of drug-likeness (QED) is 0.772. The number of hydrazine groups is 1. The lowest BCUT2D eigenvalue weighted by atomic mass is 10.00. The molecule has 0 aromatic carbocycles. The first-order valence-electron chi connectivity index (χ1n) is 8.02. The number of aromatic nitrogens is 3. The molecule has 3 rings (SSSR count). The van der Waals surface area contributed by atoms with Gasteiger partial charge < -0.3 is 5.32 Å². The molecule has 1 saturated heterocycles. The SMILES string of the molecule is Cc1nn(C)c(C)c1C1CC(C(=O)Nc2ccc(C(F)(F)F)nc2)NN1. The zero-order chi connectivity index (χ0) is 19.1. The van der Waals surface area contributed by atoms with Gasteiger partial charge in [0.2, 0.25) is 5.91 Å². The van der Waals surface area contributed by atoms with Crippen LogP contribution in [-0.2, 0) is 18.0 Å². The van der Waals surface area contributed by atoms with Crippen LogP contribution >= 0.6 is 0 Å². The second-order valence-electron chi connectivity index (χ2n) is 6.26. The van der Waals surface area contributed by atoms with Crippen LogP contribution in [0.4, 0.5) is 18.9 Å². The molecule has 0 aliphatic carbocycles. The summed E-state index contributed by atoms with van der Waals surface area (Å²) < 4.78 is 39.4. The Kier molecular flexibility index (Phi) is 4.72. The van der Waals surface area contributed by atoms with Crippen LogP contribution in [0.3, 0.4) is 0 Å². The van der Waals surface area contributed by atoms with E-state index in [1.54, 1.807) is 4.68 Å². The van der Waals surface area contributed by atoms with Crippen molar-refractivity contribution in [1.29, 1.82) is 0 Å². The molecule has 1 aliphatic heterocycles.